The average Bonchev–Trinajstić information content (AvgIpc) is 2.96. The van der Waals surface area contributed by atoms with Crippen molar-refractivity contribution in [2.24, 2.45) is 0 Å². The highest BCUT2D eigenvalue weighted by Gasteiger charge is 2.55. The number of halogens is 2. The molecule has 0 aromatic heterocycles. The first-order chi connectivity index (χ1) is 11.3. The Kier molecular flexibility index (Phi) is 5.34. The Morgan fingerprint density at radius 1 is 1.17 bits per heavy atom. The lowest BCUT2D eigenvalue weighted by molar-refractivity contribution is -0.229. The minimum Gasteiger partial charge on any atom is -0.485 e. The fraction of sp³-hybridized carbons (Fsp3) is 0.562. The van der Waals surface area contributed by atoms with Crippen LogP contribution in [0.3, 0.4) is 0 Å². The predicted octanol–water partition coefficient (Wildman–Crippen LogP) is 2.84. The average molecular weight is 466 g/mol. The third-order valence-electron chi connectivity index (χ3n) is 3.86. The predicted molar refractivity (Wildman–Crippen MR) is 93.1 cm³/mol. The molecule has 2 aliphatic heterocycles. The van der Waals surface area contributed by atoms with E-state index < -0.39 is 18.2 Å². The van der Waals surface area contributed by atoms with Gasteiger partial charge in [-0.2, -0.15) is 0 Å². The summed E-state index contributed by atoms with van der Waals surface area (Å²) in [6.07, 6.45) is -1.58. The molecule has 0 bridgehead atoms. The van der Waals surface area contributed by atoms with Gasteiger partial charge in [-0.25, -0.2) is 0 Å². The van der Waals surface area contributed by atoms with Crippen molar-refractivity contribution < 1.29 is 23.7 Å². The molecule has 2 aliphatic rings. The zero-order valence-electron chi connectivity index (χ0n) is 13.5. The van der Waals surface area contributed by atoms with Crippen molar-refractivity contribution in [2.75, 3.05) is 13.7 Å². The molecule has 0 radical (unpaired) electrons. The van der Waals surface area contributed by atoms with Crippen LogP contribution in [0.15, 0.2) is 31.9 Å². The molecule has 1 aromatic carbocycles. The molecule has 24 heavy (non-hydrogen) atoms. The highest BCUT2D eigenvalue weighted by atomic mass is 79.9. The molecule has 0 saturated carbocycles. The normalized spacial score (nSPS) is 31.0. The van der Waals surface area contributed by atoms with Crippen LogP contribution in [-0.4, -0.2) is 44.1 Å². The van der Waals surface area contributed by atoms with E-state index in [1.165, 1.54) is 0 Å². The Labute approximate surface area is 156 Å². The van der Waals surface area contributed by atoms with Gasteiger partial charge in [0.05, 0.1) is 8.95 Å². The molecular weight excluding hydrogens is 448 g/mol. The number of methoxy groups -OCH3 is 1. The standard InChI is InChI=1S/C16H18Br2O6/c1-16(2)23-13-10(22-15(20-3)14(13)24-16)7-21-12-9(18)6-4-5-8(17)11(12)19/h4-6,10,13-15H,7H2,1-3H3/t10-,13-,14-,15-/m1/s1. The molecule has 0 aliphatic carbocycles. The Balaban J connectivity index is 1.78. The van der Waals surface area contributed by atoms with Crippen LogP contribution in [0.4, 0.5) is 0 Å². The minimum absolute atomic E-state index is 0.144. The maximum absolute atomic E-state index is 12.3. The van der Waals surface area contributed by atoms with Crippen LogP contribution in [0, 0.1) is 0 Å². The first kappa shape index (κ1) is 18.3. The fourth-order valence-corrected chi connectivity index (χ4v) is 3.63. The first-order valence-electron chi connectivity index (χ1n) is 7.47. The van der Waals surface area contributed by atoms with Gasteiger partial charge >= 0.3 is 0 Å². The Hall–Kier alpha value is -0.510. The molecule has 3 rings (SSSR count). The summed E-state index contributed by atoms with van der Waals surface area (Å²) in [5.41, 5.74) is -0.242. The summed E-state index contributed by atoms with van der Waals surface area (Å²) in [5, 5.41) is 0. The Morgan fingerprint density at radius 2 is 1.83 bits per heavy atom. The zero-order valence-corrected chi connectivity index (χ0v) is 16.6. The lowest BCUT2D eigenvalue weighted by atomic mass is 10.1. The van der Waals surface area contributed by atoms with Gasteiger partial charge in [-0.3, -0.25) is 4.79 Å². The molecule has 8 heteroatoms. The van der Waals surface area contributed by atoms with E-state index >= 15 is 0 Å². The number of fused-ring (bicyclic) bond motifs is 1. The summed E-state index contributed by atoms with van der Waals surface area (Å²) in [5.74, 6) is -0.494. The van der Waals surface area contributed by atoms with Gasteiger partial charge < -0.3 is 23.7 Å². The SMILES string of the molecule is CO[C@@H]1O[C@H](COc2c(Br)cccc(Br)c2=O)[C@H]2OC(C)(C)O[C@@H]12. The number of rotatable bonds is 4. The van der Waals surface area contributed by atoms with Gasteiger partial charge in [0, 0.05) is 7.11 Å². The topological polar surface area (TPSA) is 63.2 Å². The van der Waals surface area contributed by atoms with Crippen LogP contribution < -0.4 is 10.2 Å². The van der Waals surface area contributed by atoms with Gasteiger partial charge in [-0.1, -0.05) is 6.07 Å². The second-order valence-corrected chi connectivity index (χ2v) is 7.74. The maximum atomic E-state index is 12.3. The molecule has 1 aromatic rings. The van der Waals surface area contributed by atoms with Crippen molar-refractivity contribution in [3.05, 3.63) is 37.4 Å². The van der Waals surface area contributed by atoms with Crippen molar-refractivity contribution in [1.82, 2.24) is 0 Å². The first-order valence-corrected chi connectivity index (χ1v) is 9.06. The van der Waals surface area contributed by atoms with E-state index in [-0.39, 0.29) is 30.0 Å². The summed E-state index contributed by atoms with van der Waals surface area (Å²) in [6, 6.07) is 5.16. The summed E-state index contributed by atoms with van der Waals surface area (Å²) in [4.78, 5) is 12.3. The second-order valence-electron chi connectivity index (χ2n) is 6.03. The summed E-state index contributed by atoms with van der Waals surface area (Å²) < 4.78 is 29.6. The van der Waals surface area contributed by atoms with Crippen LogP contribution >= 0.6 is 31.9 Å². The van der Waals surface area contributed by atoms with Gasteiger partial charge in [-0.15, -0.1) is 0 Å². The van der Waals surface area contributed by atoms with E-state index in [4.69, 9.17) is 23.7 Å². The molecule has 2 fully saturated rings. The molecule has 132 valence electrons. The van der Waals surface area contributed by atoms with Crippen molar-refractivity contribution in [2.45, 2.75) is 44.2 Å². The van der Waals surface area contributed by atoms with E-state index in [0.29, 0.717) is 8.95 Å². The van der Waals surface area contributed by atoms with Crippen LogP contribution in [0.5, 0.6) is 5.75 Å². The smallest absolute Gasteiger partial charge is 0.235 e. The number of hydrogen-bond donors (Lipinski definition) is 0. The van der Waals surface area contributed by atoms with Crippen molar-refractivity contribution >= 4 is 31.9 Å². The lowest BCUT2D eigenvalue weighted by Crippen LogP contribution is -2.34. The molecule has 0 unspecified atom stereocenters. The summed E-state index contributed by atoms with van der Waals surface area (Å²) in [7, 11) is 1.56. The van der Waals surface area contributed by atoms with Crippen LogP contribution in [0.25, 0.3) is 0 Å². The second kappa shape index (κ2) is 7.01. The molecule has 0 amide bonds. The van der Waals surface area contributed by atoms with Crippen LogP contribution in [-0.2, 0) is 18.9 Å². The van der Waals surface area contributed by atoms with Crippen LogP contribution in [0.1, 0.15) is 13.8 Å². The third-order valence-corrected chi connectivity index (χ3v) is 5.11. The summed E-state index contributed by atoms with van der Waals surface area (Å²) >= 11 is 6.59. The van der Waals surface area contributed by atoms with Gasteiger partial charge in [0.15, 0.2) is 17.8 Å². The van der Waals surface area contributed by atoms with Gasteiger partial charge in [-0.05, 0) is 57.8 Å². The zero-order chi connectivity index (χ0) is 17.5. The van der Waals surface area contributed by atoms with Crippen molar-refractivity contribution in [1.29, 1.82) is 0 Å². The monoisotopic (exact) mass is 464 g/mol. The van der Waals surface area contributed by atoms with Crippen molar-refractivity contribution in [3.8, 4) is 5.75 Å². The van der Waals surface area contributed by atoms with Gasteiger partial charge in [0.1, 0.15) is 24.9 Å². The summed E-state index contributed by atoms with van der Waals surface area (Å²) in [6.45, 7) is 3.83. The molecule has 0 N–H and O–H groups in total. The van der Waals surface area contributed by atoms with Gasteiger partial charge in [0.2, 0.25) is 5.43 Å². The Bertz CT molecular complexity index is 680. The molecule has 2 saturated heterocycles. The third kappa shape index (κ3) is 3.54. The van der Waals surface area contributed by atoms with E-state index in [1.807, 2.05) is 13.8 Å². The lowest BCUT2D eigenvalue weighted by Gasteiger charge is -2.23. The molecular formula is C16H18Br2O6. The highest BCUT2D eigenvalue weighted by molar-refractivity contribution is 9.11. The maximum Gasteiger partial charge on any atom is 0.235 e. The van der Waals surface area contributed by atoms with E-state index in [9.17, 15) is 4.79 Å². The highest BCUT2D eigenvalue weighted by Crippen LogP contribution is 2.39. The quantitative estimate of drug-likeness (QED) is 0.681. The molecule has 2 heterocycles. The number of hydrogen-bond acceptors (Lipinski definition) is 6. The molecule has 0 spiro atoms. The minimum atomic E-state index is -0.708. The molecule has 6 nitrogen and oxygen atoms in total. The van der Waals surface area contributed by atoms with Crippen molar-refractivity contribution in [3.63, 3.8) is 0 Å². The van der Waals surface area contributed by atoms with Crippen LogP contribution in [0.2, 0.25) is 0 Å². The number of ether oxygens (including phenoxy) is 5. The van der Waals surface area contributed by atoms with E-state index in [2.05, 4.69) is 31.9 Å². The van der Waals surface area contributed by atoms with E-state index in [1.54, 1.807) is 25.3 Å². The Morgan fingerprint density at radius 3 is 2.54 bits per heavy atom. The largest absolute Gasteiger partial charge is 0.485 e. The molecule has 4 atom stereocenters. The van der Waals surface area contributed by atoms with Gasteiger partial charge in [0.25, 0.3) is 0 Å². The fourth-order valence-electron chi connectivity index (χ4n) is 2.85. The van der Waals surface area contributed by atoms with E-state index in [0.717, 1.165) is 0 Å².